The molecule has 0 bridgehead atoms. The van der Waals surface area contributed by atoms with Gasteiger partial charge in [0, 0.05) is 23.6 Å². The van der Waals surface area contributed by atoms with Crippen LogP contribution in [0.2, 0.25) is 0 Å². The molecule has 0 saturated heterocycles. The average molecular weight is 312 g/mol. The molecule has 0 unspecified atom stereocenters. The van der Waals surface area contributed by atoms with Crippen LogP contribution in [0.4, 0.5) is 10.1 Å². The summed E-state index contributed by atoms with van der Waals surface area (Å²) < 4.78 is 14.7. The summed E-state index contributed by atoms with van der Waals surface area (Å²) in [5.74, 6) is -1.17. The molecule has 0 aliphatic heterocycles. The Hall–Kier alpha value is -3.22. The normalized spacial score (nSPS) is 10.7. The minimum Gasteiger partial charge on any atom is -0.366 e. The molecule has 0 aliphatic carbocycles. The molecule has 0 atom stereocenters. The number of amides is 2. The van der Waals surface area contributed by atoms with E-state index in [1.807, 2.05) is 0 Å². The summed E-state index contributed by atoms with van der Waals surface area (Å²) in [6, 6.07) is 9.11. The van der Waals surface area contributed by atoms with Crippen LogP contribution in [0.1, 0.15) is 16.1 Å². The predicted molar refractivity (Wildman–Crippen MR) is 82.4 cm³/mol. The van der Waals surface area contributed by atoms with Gasteiger partial charge in [0.25, 0.3) is 0 Å². The van der Waals surface area contributed by atoms with E-state index in [9.17, 15) is 14.0 Å². The molecule has 0 aliphatic rings. The van der Waals surface area contributed by atoms with Crippen LogP contribution in [0.3, 0.4) is 0 Å². The molecule has 0 saturated carbocycles. The maximum Gasteiger partial charge on any atom is 0.248 e. The Morgan fingerprint density at radius 3 is 2.57 bits per heavy atom. The number of primary amides is 1. The lowest BCUT2D eigenvalue weighted by atomic mass is 10.2. The monoisotopic (exact) mass is 312 g/mol. The first kappa shape index (κ1) is 14.7. The molecule has 2 heterocycles. The fourth-order valence-corrected chi connectivity index (χ4v) is 2.19. The summed E-state index contributed by atoms with van der Waals surface area (Å²) in [6.07, 6.45) is 2.96. The maximum atomic E-state index is 13.1. The van der Waals surface area contributed by atoms with E-state index >= 15 is 0 Å². The van der Waals surface area contributed by atoms with E-state index < -0.39 is 5.91 Å². The third-order valence-electron chi connectivity index (χ3n) is 3.26. The Morgan fingerprint density at radius 1 is 1.13 bits per heavy atom. The third-order valence-corrected chi connectivity index (χ3v) is 3.26. The zero-order valence-corrected chi connectivity index (χ0v) is 12.0. The van der Waals surface area contributed by atoms with Crippen molar-refractivity contribution in [2.45, 2.75) is 6.42 Å². The number of aromatic nitrogens is 2. The van der Waals surface area contributed by atoms with E-state index in [1.165, 1.54) is 28.8 Å². The number of rotatable bonds is 4. The van der Waals surface area contributed by atoms with Gasteiger partial charge >= 0.3 is 0 Å². The Bertz CT molecular complexity index is 887. The number of fused-ring (bicyclic) bond motifs is 1. The zero-order chi connectivity index (χ0) is 16.4. The first-order chi connectivity index (χ1) is 11.0. The van der Waals surface area contributed by atoms with Crippen molar-refractivity contribution in [2.24, 2.45) is 5.73 Å². The zero-order valence-electron chi connectivity index (χ0n) is 12.0. The van der Waals surface area contributed by atoms with E-state index in [1.54, 1.807) is 24.4 Å². The second-order valence-electron chi connectivity index (χ2n) is 5.01. The number of hydrogen-bond donors (Lipinski definition) is 2. The number of anilines is 1. The van der Waals surface area contributed by atoms with Crippen LogP contribution in [0, 0.1) is 5.82 Å². The number of imidazole rings is 1. The SMILES string of the molecule is NC(=O)c1ccc(NC(=O)Cc2cn3cc(F)ccc3n2)cc1. The topological polar surface area (TPSA) is 89.5 Å². The molecule has 0 spiro atoms. The number of carbonyl (C=O) groups is 2. The van der Waals surface area contributed by atoms with Gasteiger partial charge in [-0.1, -0.05) is 0 Å². The molecule has 0 fully saturated rings. The number of carbonyl (C=O) groups excluding carboxylic acids is 2. The van der Waals surface area contributed by atoms with Gasteiger partial charge in [-0.15, -0.1) is 0 Å². The van der Waals surface area contributed by atoms with Crippen LogP contribution in [-0.4, -0.2) is 21.2 Å². The number of nitrogens with one attached hydrogen (secondary N) is 1. The molecule has 2 amide bonds. The highest BCUT2D eigenvalue weighted by Gasteiger charge is 2.09. The largest absolute Gasteiger partial charge is 0.366 e. The van der Waals surface area contributed by atoms with Gasteiger partial charge in [-0.2, -0.15) is 0 Å². The standard InChI is InChI=1S/C16H13FN4O2/c17-11-3-6-14-19-13(9-21(14)8-11)7-15(22)20-12-4-1-10(2-5-12)16(18)23/h1-6,8-9H,7H2,(H2,18,23)(H,20,22). The van der Waals surface area contributed by atoms with Gasteiger partial charge in [-0.3, -0.25) is 9.59 Å². The first-order valence-corrected chi connectivity index (χ1v) is 6.84. The number of benzene rings is 1. The molecule has 0 radical (unpaired) electrons. The lowest BCUT2D eigenvalue weighted by Crippen LogP contribution is -2.15. The van der Waals surface area contributed by atoms with Crippen LogP contribution < -0.4 is 11.1 Å². The number of nitrogens with zero attached hydrogens (tertiary/aromatic N) is 2. The molecule has 116 valence electrons. The van der Waals surface area contributed by atoms with Crippen LogP contribution in [-0.2, 0) is 11.2 Å². The first-order valence-electron chi connectivity index (χ1n) is 6.84. The van der Waals surface area contributed by atoms with Crippen molar-refractivity contribution < 1.29 is 14.0 Å². The highest BCUT2D eigenvalue weighted by Crippen LogP contribution is 2.11. The van der Waals surface area contributed by atoms with E-state index in [-0.39, 0.29) is 18.1 Å². The van der Waals surface area contributed by atoms with Crippen LogP contribution in [0.15, 0.2) is 48.8 Å². The summed E-state index contributed by atoms with van der Waals surface area (Å²) in [5, 5.41) is 2.70. The average Bonchev–Trinajstić information content (AvgIpc) is 2.88. The molecule has 1 aromatic carbocycles. The Morgan fingerprint density at radius 2 is 1.87 bits per heavy atom. The second kappa shape index (κ2) is 5.88. The molecule has 2 aromatic heterocycles. The van der Waals surface area contributed by atoms with Crippen LogP contribution in [0.25, 0.3) is 5.65 Å². The fraction of sp³-hybridized carbons (Fsp3) is 0.0625. The summed E-state index contributed by atoms with van der Waals surface area (Å²) in [7, 11) is 0. The molecule has 3 aromatic rings. The van der Waals surface area contributed by atoms with Crippen molar-refractivity contribution in [3.05, 3.63) is 65.9 Å². The Balaban J connectivity index is 1.69. The lowest BCUT2D eigenvalue weighted by molar-refractivity contribution is -0.115. The predicted octanol–water partition coefficient (Wildman–Crippen LogP) is 1.75. The summed E-state index contributed by atoms with van der Waals surface area (Å²) in [5.41, 5.74) is 7.17. The van der Waals surface area contributed by atoms with Crippen LogP contribution >= 0.6 is 0 Å². The van der Waals surface area contributed by atoms with Crippen molar-refractivity contribution in [1.29, 1.82) is 0 Å². The van der Waals surface area contributed by atoms with Crippen molar-refractivity contribution >= 4 is 23.1 Å². The van der Waals surface area contributed by atoms with Gasteiger partial charge in [0.1, 0.15) is 11.5 Å². The van der Waals surface area contributed by atoms with Gasteiger partial charge in [0.05, 0.1) is 12.1 Å². The van der Waals surface area contributed by atoms with E-state index in [0.29, 0.717) is 22.6 Å². The van der Waals surface area contributed by atoms with Crippen molar-refractivity contribution in [3.63, 3.8) is 0 Å². The van der Waals surface area contributed by atoms with Crippen LogP contribution in [0.5, 0.6) is 0 Å². The van der Waals surface area contributed by atoms with E-state index in [0.717, 1.165) is 0 Å². The van der Waals surface area contributed by atoms with Gasteiger partial charge in [0.2, 0.25) is 11.8 Å². The number of hydrogen-bond acceptors (Lipinski definition) is 3. The molecule has 7 heteroatoms. The van der Waals surface area contributed by atoms with E-state index in [4.69, 9.17) is 5.73 Å². The van der Waals surface area contributed by atoms with Gasteiger partial charge < -0.3 is 15.5 Å². The molecule has 3 rings (SSSR count). The summed E-state index contributed by atoms with van der Waals surface area (Å²) in [4.78, 5) is 27.2. The summed E-state index contributed by atoms with van der Waals surface area (Å²) in [6.45, 7) is 0. The second-order valence-corrected chi connectivity index (χ2v) is 5.01. The quantitative estimate of drug-likeness (QED) is 0.769. The minimum absolute atomic E-state index is 0.0564. The smallest absolute Gasteiger partial charge is 0.248 e. The number of nitrogens with two attached hydrogens (primary N) is 1. The van der Waals surface area contributed by atoms with Crippen molar-refractivity contribution in [2.75, 3.05) is 5.32 Å². The number of pyridine rings is 1. The van der Waals surface area contributed by atoms with E-state index in [2.05, 4.69) is 10.3 Å². The highest BCUT2D eigenvalue weighted by molar-refractivity contribution is 5.95. The van der Waals surface area contributed by atoms with Gasteiger partial charge in [-0.05, 0) is 36.4 Å². The van der Waals surface area contributed by atoms with Gasteiger partial charge in [0.15, 0.2) is 0 Å². The summed E-state index contributed by atoms with van der Waals surface area (Å²) >= 11 is 0. The molecule has 6 nitrogen and oxygen atoms in total. The molecule has 23 heavy (non-hydrogen) atoms. The fourth-order valence-electron chi connectivity index (χ4n) is 2.19. The van der Waals surface area contributed by atoms with Crippen molar-refractivity contribution in [1.82, 2.24) is 9.38 Å². The molecular weight excluding hydrogens is 299 g/mol. The van der Waals surface area contributed by atoms with Crippen molar-refractivity contribution in [3.8, 4) is 0 Å². The Kier molecular flexibility index (Phi) is 3.76. The number of halogens is 1. The minimum atomic E-state index is -0.528. The molecular formula is C16H13FN4O2. The maximum absolute atomic E-state index is 13.1. The molecule has 3 N–H and O–H groups in total. The van der Waals surface area contributed by atoms with Gasteiger partial charge in [-0.25, -0.2) is 9.37 Å². The third kappa shape index (κ3) is 3.34. The lowest BCUT2D eigenvalue weighted by Gasteiger charge is -2.04. The Labute approximate surface area is 130 Å². The highest BCUT2D eigenvalue weighted by atomic mass is 19.1.